The summed E-state index contributed by atoms with van der Waals surface area (Å²) in [5.41, 5.74) is 1.83. The molecule has 0 amide bonds. The zero-order chi connectivity index (χ0) is 13.4. The van der Waals surface area contributed by atoms with Gasteiger partial charge < -0.3 is 5.32 Å². The smallest absolute Gasteiger partial charge is 0.188 e. The van der Waals surface area contributed by atoms with Crippen LogP contribution in [0.1, 0.15) is 0 Å². The third kappa shape index (κ3) is 2.87. The number of fused-ring (bicyclic) bond motifs is 1. The van der Waals surface area contributed by atoms with Crippen LogP contribution in [0.5, 0.6) is 0 Å². The highest BCUT2D eigenvalue weighted by Crippen LogP contribution is 2.32. The molecule has 0 aliphatic carbocycles. The Morgan fingerprint density at radius 1 is 1.05 bits per heavy atom. The van der Waals surface area contributed by atoms with Gasteiger partial charge in [-0.1, -0.05) is 50.5 Å². The SMILES string of the molecule is Clc1ccc(Nc2nc3cc(Br)ccc3s2)cc1Cl. The Morgan fingerprint density at radius 3 is 2.68 bits per heavy atom. The third-order valence-electron chi connectivity index (χ3n) is 2.52. The molecule has 0 saturated heterocycles. The summed E-state index contributed by atoms with van der Waals surface area (Å²) in [5, 5.41) is 5.12. The van der Waals surface area contributed by atoms with Crippen molar-refractivity contribution >= 4 is 71.5 Å². The standard InChI is InChI=1S/C13H7BrCl2N2S/c14-7-1-4-12-11(5-7)18-13(19-12)17-8-2-3-9(15)10(16)6-8/h1-6H,(H,17,18). The van der Waals surface area contributed by atoms with Gasteiger partial charge >= 0.3 is 0 Å². The quantitative estimate of drug-likeness (QED) is 0.586. The van der Waals surface area contributed by atoms with E-state index in [0.29, 0.717) is 10.0 Å². The van der Waals surface area contributed by atoms with Gasteiger partial charge in [0, 0.05) is 10.2 Å². The van der Waals surface area contributed by atoms with Gasteiger partial charge in [0.1, 0.15) is 0 Å². The lowest BCUT2D eigenvalue weighted by Gasteiger charge is -2.03. The minimum atomic E-state index is 0.524. The highest BCUT2D eigenvalue weighted by Gasteiger charge is 2.05. The summed E-state index contributed by atoms with van der Waals surface area (Å²) in [4.78, 5) is 4.52. The Labute approximate surface area is 132 Å². The van der Waals surface area contributed by atoms with E-state index < -0.39 is 0 Å². The van der Waals surface area contributed by atoms with Crippen molar-refractivity contribution < 1.29 is 0 Å². The lowest BCUT2D eigenvalue weighted by Crippen LogP contribution is -1.88. The van der Waals surface area contributed by atoms with Crippen molar-refractivity contribution in [1.82, 2.24) is 4.98 Å². The fourth-order valence-corrected chi connectivity index (χ4v) is 3.16. The van der Waals surface area contributed by atoms with Crippen LogP contribution in [0.3, 0.4) is 0 Å². The van der Waals surface area contributed by atoms with Crippen molar-refractivity contribution in [3.63, 3.8) is 0 Å². The molecule has 3 aromatic rings. The number of halogens is 3. The van der Waals surface area contributed by atoms with Gasteiger partial charge in [0.05, 0.1) is 20.3 Å². The largest absolute Gasteiger partial charge is 0.331 e. The minimum Gasteiger partial charge on any atom is -0.331 e. The Balaban J connectivity index is 1.94. The van der Waals surface area contributed by atoms with Crippen LogP contribution in [-0.2, 0) is 0 Å². The first-order chi connectivity index (χ1) is 9.11. The fourth-order valence-electron chi connectivity index (χ4n) is 1.65. The van der Waals surface area contributed by atoms with Gasteiger partial charge in [-0.25, -0.2) is 4.98 Å². The molecule has 1 N–H and O–H groups in total. The molecule has 0 radical (unpaired) electrons. The molecule has 6 heteroatoms. The molecule has 0 aliphatic rings. The number of hydrogen-bond donors (Lipinski definition) is 1. The van der Waals surface area contributed by atoms with Gasteiger partial charge in [0.2, 0.25) is 0 Å². The summed E-state index contributed by atoms with van der Waals surface area (Å²) in [6.45, 7) is 0. The molecular formula is C13H7BrCl2N2S. The van der Waals surface area contributed by atoms with Gasteiger partial charge in [-0.05, 0) is 36.4 Å². The van der Waals surface area contributed by atoms with Crippen LogP contribution in [0.15, 0.2) is 40.9 Å². The van der Waals surface area contributed by atoms with Gasteiger partial charge in [-0.2, -0.15) is 0 Å². The lowest BCUT2D eigenvalue weighted by atomic mass is 10.3. The fraction of sp³-hybridized carbons (Fsp3) is 0. The summed E-state index contributed by atoms with van der Waals surface area (Å²) in [6, 6.07) is 11.4. The van der Waals surface area contributed by atoms with Crippen molar-refractivity contribution in [2.75, 3.05) is 5.32 Å². The predicted molar refractivity (Wildman–Crippen MR) is 87.1 cm³/mol. The van der Waals surface area contributed by atoms with Crippen molar-refractivity contribution in [1.29, 1.82) is 0 Å². The summed E-state index contributed by atoms with van der Waals surface area (Å²) in [5.74, 6) is 0. The first-order valence-electron chi connectivity index (χ1n) is 5.40. The topological polar surface area (TPSA) is 24.9 Å². The predicted octanol–water partition coefficient (Wildman–Crippen LogP) is 6.11. The molecule has 0 unspecified atom stereocenters. The highest BCUT2D eigenvalue weighted by atomic mass is 79.9. The molecule has 0 fully saturated rings. The molecule has 96 valence electrons. The van der Waals surface area contributed by atoms with Crippen LogP contribution in [0, 0.1) is 0 Å². The van der Waals surface area contributed by atoms with E-state index in [1.54, 1.807) is 23.5 Å². The number of nitrogens with zero attached hydrogens (tertiary/aromatic N) is 1. The maximum absolute atomic E-state index is 5.98. The molecular weight excluding hydrogens is 367 g/mol. The second-order valence-corrected chi connectivity index (χ2v) is 6.65. The van der Waals surface area contributed by atoms with E-state index >= 15 is 0 Å². The highest BCUT2D eigenvalue weighted by molar-refractivity contribution is 9.10. The van der Waals surface area contributed by atoms with E-state index in [2.05, 4.69) is 26.2 Å². The minimum absolute atomic E-state index is 0.524. The zero-order valence-corrected chi connectivity index (χ0v) is 13.4. The van der Waals surface area contributed by atoms with E-state index in [9.17, 15) is 0 Å². The second-order valence-electron chi connectivity index (χ2n) is 3.88. The molecule has 0 spiro atoms. The Hall–Kier alpha value is -0.810. The number of aromatic nitrogens is 1. The zero-order valence-electron chi connectivity index (χ0n) is 9.45. The summed E-state index contributed by atoms with van der Waals surface area (Å²) in [6.07, 6.45) is 0. The molecule has 19 heavy (non-hydrogen) atoms. The summed E-state index contributed by atoms with van der Waals surface area (Å²) in [7, 11) is 0. The van der Waals surface area contributed by atoms with Crippen molar-refractivity contribution in [3.8, 4) is 0 Å². The summed E-state index contributed by atoms with van der Waals surface area (Å²) < 4.78 is 2.15. The molecule has 0 bridgehead atoms. The van der Waals surface area contributed by atoms with Gasteiger partial charge in [0.15, 0.2) is 5.13 Å². The average Bonchev–Trinajstić information content (AvgIpc) is 2.75. The van der Waals surface area contributed by atoms with Crippen molar-refractivity contribution in [3.05, 3.63) is 50.9 Å². The van der Waals surface area contributed by atoms with Gasteiger partial charge in [-0.3, -0.25) is 0 Å². The molecule has 0 aliphatic heterocycles. The van der Waals surface area contributed by atoms with Crippen LogP contribution in [0.25, 0.3) is 10.2 Å². The number of benzene rings is 2. The van der Waals surface area contributed by atoms with Crippen molar-refractivity contribution in [2.24, 2.45) is 0 Å². The number of hydrogen-bond acceptors (Lipinski definition) is 3. The lowest BCUT2D eigenvalue weighted by molar-refractivity contribution is 1.44. The van der Waals surface area contributed by atoms with Crippen LogP contribution < -0.4 is 5.32 Å². The van der Waals surface area contributed by atoms with Crippen LogP contribution in [0.4, 0.5) is 10.8 Å². The molecule has 2 aromatic carbocycles. The Kier molecular flexibility index (Phi) is 3.67. The summed E-state index contributed by atoms with van der Waals surface area (Å²) >= 11 is 16.9. The van der Waals surface area contributed by atoms with E-state index in [4.69, 9.17) is 23.2 Å². The number of nitrogens with one attached hydrogen (secondary N) is 1. The monoisotopic (exact) mass is 372 g/mol. The number of thiazole rings is 1. The molecule has 2 nitrogen and oxygen atoms in total. The Bertz CT molecular complexity index is 757. The van der Waals surface area contributed by atoms with Gasteiger partial charge in [-0.15, -0.1) is 0 Å². The molecule has 1 heterocycles. The molecule has 1 aromatic heterocycles. The molecule has 0 saturated carbocycles. The number of rotatable bonds is 2. The average molecular weight is 374 g/mol. The van der Waals surface area contributed by atoms with Crippen LogP contribution >= 0.6 is 50.5 Å². The first-order valence-corrected chi connectivity index (χ1v) is 7.76. The van der Waals surface area contributed by atoms with E-state index in [0.717, 1.165) is 25.5 Å². The third-order valence-corrected chi connectivity index (χ3v) is 4.70. The van der Waals surface area contributed by atoms with E-state index in [1.165, 1.54) is 0 Å². The maximum Gasteiger partial charge on any atom is 0.188 e. The molecule has 0 atom stereocenters. The van der Waals surface area contributed by atoms with Crippen LogP contribution in [-0.4, -0.2) is 4.98 Å². The second kappa shape index (κ2) is 5.29. The van der Waals surface area contributed by atoms with E-state index in [1.807, 2.05) is 24.3 Å². The first kappa shape index (κ1) is 13.2. The number of anilines is 2. The van der Waals surface area contributed by atoms with Gasteiger partial charge in [0.25, 0.3) is 0 Å². The van der Waals surface area contributed by atoms with Crippen molar-refractivity contribution in [2.45, 2.75) is 0 Å². The maximum atomic E-state index is 5.98. The van der Waals surface area contributed by atoms with Crippen LogP contribution in [0.2, 0.25) is 10.0 Å². The normalized spacial score (nSPS) is 10.9. The molecule has 3 rings (SSSR count). The van der Waals surface area contributed by atoms with E-state index in [-0.39, 0.29) is 0 Å². The Morgan fingerprint density at radius 2 is 1.89 bits per heavy atom.